The molecule has 0 saturated carbocycles. The summed E-state index contributed by atoms with van der Waals surface area (Å²) in [7, 11) is 0. The van der Waals surface area contributed by atoms with E-state index >= 15 is 0 Å². The van der Waals surface area contributed by atoms with Gasteiger partial charge in [0.2, 0.25) is 11.9 Å². The minimum absolute atomic E-state index is 0.0474. The predicted octanol–water partition coefficient (Wildman–Crippen LogP) is 1.76. The summed E-state index contributed by atoms with van der Waals surface area (Å²) in [5, 5.41) is 12.9. The van der Waals surface area contributed by atoms with Crippen LogP contribution in [0.4, 0.5) is 17.5 Å². The molecular weight excluding hydrogens is 310 g/mol. The van der Waals surface area contributed by atoms with Gasteiger partial charge in [0, 0.05) is 30.4 Å². The SMILES string of the molecule is CCc1cnc(N)nc1NCCC(=O)Nc1ccccc1.O=CO. The van der Waals surface area contributed by atoms with Gasteiger partial charge in [-0.1, -0.05) is 25.1 Å². The second kappa shape index (κ2) is 10.5. The average Bonchev–Trinajstić information content (AvgIpc) is 2.57. The lowest BCUT2D eigenvalue weighted by atomic mass is 10.2. The van der Waals surface area contributed by atoms with Gasteiger partial charge in [-0.05, 0) is 18.6 Å². The molecule has 1 aromatic heterocycles. The summed E-state index contributed by atoms with van der Waals surface area (Å²) in [6.45, 7) is 2.25. The van der Waals surface area contributed by atoms with Crippen LogP contribution in [-0.2, 0) is 16.0 Å². The monoisotopic (exact) mass is 331 g/mol. The maximum absolute atomic E-state index is 11.8. The van der Waals surface area contributed by atoms with Gasteiger partial charge in [0.15, 0.2) is 0 Å². The first-order valence-electron chi connectivity index (χ1n) is 7.38. The van der Waals surface area contributed by atoms with Crippen LogP contribution in [0.1, 0.15) is 18.9 Å². The van der Waals surface area contributed by atoms with E-state index in [1.54, 1.807) is 6.20 Å². The number of carboxylic acid groups (broad SMARTS) is 1. The molecule has 2 rings (SSSR count). The number of hydrogen-bond acceptors (Lipinski definition) is 6. The molecule has 0 bridgehead atoms. The molecule has 5 N–H and O–H groups in total. The molecule has 0 unspecified atom stereocenters. The number of hydrogen-bond donors (Lipinski definition) is 4. The third-order valence-corrected chi connectivity index (χ3v) is 2.97. The molecule has 0 fully saturated rings. The van der Waals surface area contributed by atoms with Crippen LogP contribution in [0.2, 0.25) is 0 Å². The third-order valence-electron chi connectivity index (χ3n) is 2.97. The lowest BCUT2D eigenvalue weighted by Gasteiger charge is -2.10. The van der Waals surface area contributed by atoms with Crippen LogP contribution >= 0.6 is 0 Å². The molecule has 24 heavy (non-hydrogen) atoms. The first kappa shape index (κ1) is 18.9. The van der Waals surface area contributed by atoms with Crippen molar-refractivity contribution < 1.29 is 14.7 Å². The minimum Gasteiger partial charge on any atom is -0.483 e. The number of rotatable bonds is 6. The molecule has 8 heteroatoms. The zero-order valence-electron chi connectivity index (χ0n) is 13.4. The fraction of sp³-hybridized carbons (Fsp3) is 0.250. The summed E-state index contributed by atoms with van der Waals surface area (Å²) in [5.74, 6) is 0.870. The number of nitrogen functional groups attached to an aromatic ring is 1. The summed E-state index contributed by atoms with van der Waals surface area (Å²) in [4.78, 5) is 28.3. The Morgan fingerprint density at radius 3 is 2.62 bits per heavy atom. The molecule has 1 heterocycles. The van der Waals surface area contributed by atoms with E-state index in [1.165, 1.54) is 0 Å². The second-order valence-electron chi connectivity index (χ2n) is 4.65. The number of amides is 1. The molecule has 0 aliphatic rings. The molecule has 0 saturated heterocycles. The molecular formula is C16H21N5O3. The largest absolute Gasteiger partial charge is 0.483 e. The van der Waals surface area contributed by atoms with Crippen LogP contribution in [0.3, 0.4) is 0 Å². The second-order valence-corrected chi connectivity index (χ2v) is 4.65. The Morgan fingerprint density at radius 1 is 1.33 bits per heavy atom. The van der Waals surface area contributed by atoms with Crippen LogP contribution < -0.4 is 16.4 Å². The number of nitrogens with zero attached hydrogens (tertiary/aromatic N) is 2. The lowest BCUT2D eigenvalue weighted by molar-refractivity contribution is -0.123. The predicted molar refractivity (Wildman–Crippen MR) is 92.7 cm³/mol. The molecule has 0 aliphatic heterocycles. The highest BCUT2D eigenvalue weighted by molar-refractivity contribution is 5.90. The average molecular weight is 331 g/mol. The van der Waals surface area contributed by atoms with Crippen LogP contribution in [0, 0.1) is 0 Å². The van der Waals surface area contributed by atoms with E-state index in [2.05, 4.69) is 20.6 Å². The van der Waals surface area contributed by atoms with E-state index in [0.29, 0.717) is 18.8 Å². The van der Waals surface area contributed by atoms with Gasteiger partial charge in [-0.25, -0.2) is 4.98 Å². The van der Waals surface area contributed by atoms with Crippen LogP contribution in [0.25, 0.3) is 0 Å². The Hall–Kier alpha value is -3.16. The zero-order valence-corrected chi connectivity index (χ0v) is 13.4. The first-order chi connectivity index (χ1) is 11.6. The fourth-order valence-corrected chi connectivity index (χ4v) is 1.87. The molecule has 1 aromatic carbocycles. The Labute approximate surface area is 140 Å². The van der Waals surface area contributed by atoms with Gasteiger partial charge < -0.3 is 21.5 Å². The topological polar surface area (TPSA) is 130 Å². The van der Waals surface area contributed by atoms with Crippen LogP contribution in [0.5, 0.6) is 0 Å². The van der Waals surface area contributed by atoms with Gasteiger partial charge in [-0.2, -0.15) is 4.98 Å². The van der Waals surface area contributed by atoms with E-state index in [0.717, 1.165) is 17.7 Å². The number of carbonyl (C=O) groups excluding carboxylic acids is 1. The number of aryl methyl sites for hydroxylation is 1. The highest BCUT2D eigenvalue weighted by Gasteiger charge is 2.06. The van der Waals surface area contributed by atoms with Crippen molar-refractivity contribution >= 4 is 29.8 Å². The van der Waals surface area contributed by atoms with Crippen LogP contribution in [-0.4, -0.2) is 34.0 Å². The number of nitrogens with two attached hydrogens (primary N) is 1. The number of benzene rings is 1. The smallest absolute Gasteiger partial charge is 0.290 e. The quantitative estimate of drug-likeness (QED) is 0.593. The van der Waals surface area contributed by atoms with Crippen molar-refractivity contribution in [2.45, 2.75) is 19.8 Å². The molecule has 128 valence electrons. The standard InChI is InChI=1S/C15H19N5O.CH2O2/c1-2-11-10-18-15(16)20-14(11)17-9-8-13(21)19-12-6-4-3-5-7-12;2-1-3/h3-7,10H,2,8-9H2,1H3,(H,19,21)(H3,16,17,18,20);1H,(H,2,3). The number of para-hydroxylation sites is 1. The maximum Gasteiger partial charge on any atom is 0.290 e. The third kappa shape index (κ3) is 6.73. The van der Waals surface area contributed by atoms with E-state index in [1.807, 2.05) is 37.3 Å². The molecule has 0 atom stereocenters. The van der Waals surface area contributed by atoms with Crippen molar-refractivity contribution in [1.29, 1.82) is 0 Å². The fourth-order valence-electron chi connectivity index (χ4n) is 1.87. The number of carbonyl (C=O) groups is 2. The van der Waals surface area contributed by atoms with E-state index in [4.69, 9.17) is 15.6 Å². The molecule has 0 radical (unpaired) electrons. The summed E-state index contributed by atoms with van der Waals surface area (Å²) in [5.41, 5.74) is 7.35. The van der Waals surface area contributed by atoms with E-state index < -0.39 is 0 Å². The Morgan fingerprint density at radius 2 is 2.00 bits per heavy atom. The first-order valence-corrected chi connectivity index (χ1v) is 7.38. The van der Waals surface area contributed by atoms with Crippen molar-refractivity contribution in [1.82, 2.24) is 9.97 Å². The number of aromatic nitrogens is 2. The Bertz CT molecular complexity index is 649. The zero-order chi connectivity index (χ0) is 17.8. The van der Waals surface area contributed by atoms with Crippen molar-refractivity contribution in [2.75, 3.05) is 22.9 Å². The number of anilines is 3. The molecule has 8 nitrogen and oxygen atoms in total. The van der Waals surface area contributed by atoms with Gasteiger partial charge >= 0.3 is 0 Å². The van der Waals surface area contributed by atoms with Crippen molar-refractivity contribution in [2.24, 2.45) is 0 Å². The Balaban J connectivity index is 0.000000891. The van der Waals surface area contributed by atoms with Gasteiger partial charge in [-0.3, -0.25) is 9.59 Å². The normalized spacial score (nSPS) is 9.38. The number of nitrogens with one attached hydrogen (secondary N) is 2. The summed E-state index contributed by atoms with van der Waals surface area (Å²) >= 11 is 0. The van der Waals surface area contributed by atoms with Gasteiger partial charge in [0.05, 0.1) is 0 Å². The minimum atomic E-state index is -0.250. The van der Waals surface area contributed by atoms with Gasteiger partial charge in [0.25, 0.3) is 6.47 Å². The molecule has 1 amide bonds. The summed E-state index contributed by atoms with van der Waals surface area (Å²) < 4.78 is 0. The molecule has 0 aliphatic carbocycles. The maximum atomic E-state index is 11.8. The summed E-state index contributed by atoms with van der Waals surface area (Å²) in [6, 6.07) is 9.37. The van der Waals surface area contributed by atoms with Crippen molar-refractivity contribution in [3.05, 3.63) is 42.1 Å². The highest BCUT2D eigenvalue weighted by Crippen LogP contribution is 2.13. The van der Waals surface area contributed by atoms with Gasteiger partial charge in [0.1, 0.15) is 5.82 Å². The highest BCUT2D eigenvalue weighted by atomic mass is 16.3. The molecule has 2 aromatic rings. The summed E-state index contributed by atoms with van der Waals surface area (Å²) in [6.07, 6.45) is 2.86. The van der Waals surface area contributed by atoms with E-state index in [-0.39, 0.29) is 18.3 Å². The van der Waals surface area contributed by atoms with Crippen LogP contribution in [0.15, 0.2) is 36.5 Å². The lowest BCUT2D eigenvalue weighted by Crippen LogP contribution is -2.17. The molecule has 0 spiro atoms. The van der Waals surface area contributed by atoms with Crippen molar-refractivity contribution in [3.63, 3.8) is 0 Å². The van der Waals surface area contributed by atoms with Crippen molar-refractivity contribution in [3.8, 4) is 0 Å². The van der Waals surface area contributed by atoms with E-state index in [9.17, 15) is 4.79 Å². The Kier molecular flexibility index (Phi) is 8.30. The van der Waals surface area contributed by atoms with Gasteiger partial charge in [-0.15, -0.1) is 0 Å².